The van der Waals surface area contributed by atoms with E-state index < -0.39 is 0 Å². The molecule has 5 heteroatoms. The van der Waals surface area contributed by atoms with Gasteiger partial charge >= 0.3 is 0 Å². The maximum absolute atomic E-state index is 12.9. The van der Waals surface area contributed by atoms with Crippen molar-refractivity contribution in [3.05, 3.63) is 27.7 Å². The summed E-state index contributed by atoms with van der Waals surface area (Å²) >= 11 is 0. The van der Waals surface area contributed by atoms with Crippen LogP contribution < -0.4 is 10.3 Å². The van der Waals surface area contributed by atoms with Gasteiger partial charge in [-0.05, 0) is 32.1 Å². The average molecular weight is 290 g/mol. The largest absolute Gasteiger partial charge is 0.496 e. The van der Waals surface area contributed by atoms with E-state index >= 15 is 0 Å². The zero-order valence-corrected chi connectivity index (χ0v) is 12.6. The van der Waals surface area contributed by atoms with Gasteiger partial charge in [0.2, 0.25) is 0 Å². The van der Waals surface area contributed by atoms with Crippen molar-refractivity contribution in [1.29, 1.82) is 0 Å². The van der Waals surface area contributed by atoms with Gasteiger partial charge in [0.1, 0.15) is 11.3 Å². The van der Waals surface area contributed by atoms with Gasteiger partial charge in [-0.3, -0.25) is 9.59 Å². The molecular formula is C16H22N2O3. The van der Waals surface area contributed by atoms with E-state index in [0.717, 1.165) is 57.3 Å². The Bertz CT molecular complexity index is 600. The van der Waals surface area contributed by atoms with Crippen molar-refractivity contribution in [2.24, 2.45) is 0 Å². The topological polar surface area (TPSA) is 51.5 Å². The Morgan fingerprint density at radius 1 is 1.10 bits per heavy atom. The third kappa shape index (κ3) is 2.57. The van der Waals surface area contributed by atoms with Crippen molar-refractivity contribution in [1.82, 2.24) is 9.47 Å². The number of carbonyl (C=O) groups excluding carboxylic acids is 1. The lowest BCUT2D eigenvalue weighted by Gasteiger charge is -2.21. The van der Waals surface area contributed by atoms with Crippen LogP contribution in [0.15, 0.2) is 10.9 Å². The standard InChI is InChI=1S/C16H22N2O3/c1-21-13-11-14(19)18-10-4-2-3-7-12(18)15(13)16(20)17-8-5-6-9-17/h11H,2-10H2,1H3. The molecule has 1 amide bonds. The molecule has 1 fully saturated rings. The van der Waals surface area contributed by atoms with E-state index in [1.807, 2.05) is 4.90 Å². The van der Waals surface area contributed by atoms with Crippen LogP contribution in [-0.2, 0) is 13.0 Å². The Balaban J connectivity index is 2.12. The number of ether oxygens (including phenoxy) is 1. The Kier molecular flexibility index (Phi) is 3.99. The quantitative estimate of drug-likeness (QED) is 0.835. The predicted octanol–water partition coefficient (Wildman–Crippen LogP) is 1.82. The van der Waals surface area contributed by atoms with Gasteiger partial charge in [0.05, 0.1) is 7.11 Å². The van der Waals surface area contributed by atoms with Crippen molar-refractivity contribution in [2.75, 3.05) is 20.2 Å². The third-order valence-electron chi connectivity index (χ3n) is 4.50. The first kappa shape index (κ1) is 14.2. The summed E-state index contributed by atoms with van der Waals surface area (Å²) in [5.74, 6) is 0.458. The first-order valence-corrected chi connectivity index (χ1v) is 7.82. The molecule has 2 aliphatic rings. The molecule has 21 heavy (non-hydrogen) atoms. The van der Waals surface area contributed by atoms with Gasteiger partial charge in [-0.2, -0.15) is 0 Å². The molecule has 0 bridgehead atoms. The summed E-state index contributed by atoms with van der Waals surface area (Å²) in [6, 6.07) is 1.47. The lowest BCUT2D eigenvalue weighted by molar-refractivity contribution is 0.0787. The van der Waals surface area contributed by atoms with Crippen LogP contribution in [0.1, 0.15) is 48.2 Å². The van der Waals surface area contributed by atoms with Gasteiger partial charge in [0.15, 0.2) is 0 Å². The second-order valence-corrected chi connectivity index (χ2v) is 5.83. The van der Waals surface area contributed by atoms with Gasteiger partial charge in [0.25, 0.3) is 11.5 Å². The minimum atomic E-state index is -0.0540. The predicted molar refractivity (Wildman–Crippen MR) is 79.9 cm³/mol. The number of hydrogen-bond acceptors (Lipinski definition) is 3. The second kappa shape index (κ2) is 5.92. The number of likely N-dealkylation sites (tertiary alicyclic amines) is 1. The van der Waals surface area contributed by atoms with E-state index in [-0.39, 0.29) is 11.5 Å². The fraction of sp³-hybridized carbons (Fsp3) is 0.625. The summed E-state index contributed by atoms with van der Waals surface area (Å²) in [6.07, 6.45) is 6.01. The highest BCUT2D eigenvalue weighted by Gasteiger charge is 2.28. The van der Waals surface area contributed by atoms with Gasteiger partial charge in [0, 0.05) is 31.4 Å². The molecule has 1 saturated heterocycles. The summed E-state index contributed by atoms with van der Waals surface area (Å²) in [7, 11) is 1.53. The number of methoxy groups -OCH3 is 1. The van der Waals surface area contributed by atoms with Gasteiger partial charge in [-0.1, -0.05) is 6.42 Å². The molecule has 0 N–H and O–H groups in total. The van der Waals surface area contributed by atoms with E-state index in [4.69, 9.17) is 4.74 Å². The van der Waals surface area contributed by atoms with Crippen LogP contribution >= 0.6 is 0 Å². The Hall–Kier alpha value is -1.78. The first-order valence-electron chi connectivity index (χ1n) is 7.82. The molecule has 1 aromatic heterocycles. The smallest absolute Gasteiger partial charge is 0.259 e. The molecule has 0 aromatic carbocycles. The van der Waals surface area contributed by atoms with Crippen LogP contribution in [0.5, 0.6) is 5.75 Å². The minimum Gasteiger partial charge on any atom is -0.496 e. The van der Waals surface area contributed by atoms with Gasteiger partial charge in [-0.15, -0.1) is 0 Å². The van der Waals surface area contributed by atoms with E-state index in [1.54, 1.807) is 4.57 Å². The lowest BCUT2D eigenvalue weighted by atomic mass is 10.1. The molecule has 0 radical (unpaired) electrons. The van der Waals surface area contributed by atoms with Crippen molar-refractivity contribution in [2.45, 2.75) is 45.1 Å². The number of amides is 1. The van der Waals surface area contributed by atoms with Crippen molar-refractivity contribution in [3.63, 3.8) is 0 Å². The average Bonchev–Trinajstić information content (AvgIpc) is 2.91. The van der Waals surface area contributed by atoms with Crippen LogP contribution in [0.2, 0.25) is 0 Å². The third-order valence-corrected chi connectivity index (χ3v) is 4.50. The van der Waals surface area contributed by atoms with Gasteiger partial charge in [-0.25, -0.2) is 0 Å². The zero-order valence-electron chi connectivity index (χ0n) is 12.6. The molecule has 3 heterocycles. The summed E-state index contributed by atoms with van der Waals surface area (Å²) in [5, 5.41) is 0. The molecule has 3 rings (SSSR count). The summed E-state index contributed by atoms with van der Waals surface area (Å²) in [6.45, 7) is 2.32. The number of hydrogen-bond donors (Lipinski definition) is 0. The molecule has 0 spiro atoms. The molecule has 0 atom stereocenters. The Morgan fingerprint density at radius 2 is 1.81 bits per heavy atom. The highest BCUT2D eigenvalue weighted by molar-refractivity contribution is 5.98. The van der Waals surface area contributed by atoms with Crippen LogP contribution in [0.4, 0.5) is 0 Å². The van der Waals surface area contributed by atoms with E-state index in [1.165, 1.54) is 13.2 Å². The number of rotatable bonds is 2. The Labute approximate surface area is 124 Å². The molecule has 0 aliphatic carbocycles. The monoisotopic (exact) mass is 290 g/mol. The van der Waals surface area contributed by atoms with Crippen LogP contribution in [0.25, 0.3) is 0 Å². The number of carbonyl (C=O) groups is 1. The molecule has 114 valence electrons. The normalized spacial score (nSPS) is 18.2. The highest BCUT2D eigenvalue weighted by atomic mass is 16.5. The van der Waals surface area contributed by atoms with Gasteiger partial charge < -0.3 is 14.2 Å². The summed E-state index contributed by atoms with van der Waals surface area (Å²) < 4.78 is 7.13. The van der Waals surface area contributed by atoms with Crippen molar-refractivity contribution < 1.29 is 9.53 Å². The first-order chi connectivity index (χ1) is 10.2. The maximum atomic E-state index is 12.9. The van der Waals surface area contributed by atoms with Crippen molar-refractivity contribution >= 4 is 5.91 Å². The molecule has 0 saturated carbocycles. The van der Waals surface area contributed by atoms with Crippen molar-refractivity contribution in [3.8, 4) is 5.75 Å². The molecule has 0 unspecified atom stereocenters. The minimum absolute atomic E-state index is 0.0231. The fourth-order valence-corrected chi connectivity index (χ4v) is 3.38. The Morgan fingerprint density at radius 3 is 2.52 bits per heavy atom. The summed E-state index contributed by atoms with van der Waals surface area (Å²) in [5.41, 5.74) is 1.43. The summed E-state index contributed by atoms with van der Waals surface area (Å²) in [4.78, 5) is 27.0. The van der Waals surface area contributed by atoms with E-state index in [9.17, 15) is 9.59 Å². The van der Waals surface area contributed by atoms with Crippen LogP contribution in [0, 0.1) is 0 Å². The highest BCUT2D eigenvalue weighted by Crippen LogP contribution is 2.27. The number of aromatic nitrogens is 1. The molecular weight excluding hydrogens is 268 g/mol. The SMILES string of the molecule is COc1cc(=O)n2c(c1C(=O)N1CCCC1)CCCCC2. The molecule has 2 aliphatic heterocycles. The molecule has 5 nitrogen and oxygen atoms in total. The maximum Gasteiger partial charge on any atom is 0.259 e. The van der Waals surface area contributed by atoms with Crippen LogP contribution in [0.3, 0.4) is 0 Å². The molecule has 1 aromatic rings. The fourth-order valence-electron chi connectivity index (χ4n) is 3.38. The number of fused-ring (bicyclic) bond motifs is 1. The zero-order chi connectivity index (χ0) is 14.8. The van der Waals surface area contributed by atoms with E-state index in [0.29, 0.717) is 17.9 Å². The second-order valence-electron chi connectivity index (χ2n) is 5.83. The number of nitrogens with zero attached hydrogens (tertiary/aromatic N) is 2. The number of pyridine rings is 1. The van der Waals surface area contributed by atoms with E-state index in [2.05, 4.69) is 0 Å². The van der Waals surface area contributed by atoms with Crippen LogP contribution in [-0.4, -0.2) is 35.6 Å². The lowest BCUT2D eigenvalue weighted by Crippen LogP contribution is -2.32.